The molecule has 1 heterocycles. The lowest BCUT2D eigenvalue weighted by atomic mass is 9.87. The number of aryl methyl sites for hydroxylation is 1. The van der Waals surface area contributed by atoms with Gasteiger partial charge in [0.25, 0.3) is 5.91 Å². The predicted molar refractivity (Wildman–Crippen MR) is 125 cm³/mol. The molecule has 0 aliphatic rings. The van der Waals surface area contributed by atoms with Gasteiger partial charge < -0.3 is 4.57 Å². The zero-order valence-electron chi connectivity index (χ0n) is 17.8. The molecule has 1 amide bonds. The lowest BCUT2D eigenvalue weighted by Crippen LogP contribution is -2.18. The standard InChI is InChI=1S/C24H25Cl2N3O/c1-15-12-18(16(2)29(15)22-13-20(25)10-11-21(22)26)14-27-28-23(30)17-6-8-19(9-7-17)24(3,4)5/h6-14H,1-5H3,(H,28,30)/b27-14-. The van der Waals surface area contributed by atoms with E-state index in [1.165, 1.54) is 5.56 Å². The van der Waals surface area contributed by atoms with Gasteiger partial charge in [-0.05, 0) is 61.2 Å². The van der Waals surface area contributed by atoms with E-state index >= 15 is 0 Å². The molecule has 1 N–H and O–H groups in total. The minimum Gasteiger partial charge on any atom is -0.316 e. The zero-order valence-corrected chi connectivity index (χ0v) is 19.3. The Labute approximate surface area is 187 Å². The molecule has 156 valence electrons. The normalized spacial score (nSPS) is 11.8. The first kappa shape index (κ1) is 22.1. The molecule has 4 nitrogen and oxygen atoms in total. The summed E-state index contributed by atoms with van der Waals surface area (Å²) in [5, 5.41) is 5.36. The maximum Gasteiger partial charge on any atom is 0.271 e. The molecule has 0 aliphatic carbocycles. The lowest BCUT2D eigenvalue weighted by molar-refractivity contribution is 0.0955. The summed E-state index contributed by atoms with van der Waals surface area (Å²) < 4.78 is 2.02. The number of benzene rings is 2. The van der Waals surface area contributed by atoms with E-state index in [9.17, 15) is 4.79 Å². The summed E-state index contributed by atoms with van der Waals surface area (Å²) in [6.07, 6.45) is 1.64. The first-order valence-corrected chi connectivity index (χ1v) is 10.4. The number of hydrogen-bond acceptors (Lipinski definition) is 2. The molecular weight excluding hydrogens is 417 g/mol. The third-order valence-electron chi connectivity index (χ3n) is 5.00. The van der Waals surface area contributed by atoms with Crippen molar-refractivity contribution in [3.63, 3.8) is 0 Å². The van der Waals surface area contributed by atoms with Crippen LogP contribution in [-0.2, 0) is 5.41 Å². The van der Waals surface area contributed by atoms with Crippen molar-refractivity contribution in [2.24, 2.45) is 5.10 Å². The lowest BCUT2D eigenvalue weighted by Gasteiger charge is -2.18. The fourth-order valence-corrected chi connectivity index (χ4v) is 3.66. The van der Waals surface area contributed by atoms with Gasteiger partial charge in [0.15, 0.2) is 0 Å². The summed E-state index contributed by atoms with van der Waals surface area (Å²) in [5.41, 5.74) is 8.01. The second kappa shape index (κ2) is 8.66. The molecule has 0 aliphatic heterocycles. The summed E-state index contributed by atoms with van der Waals surface area (Å²) in [5.74, 6) is -0.251. The number of halogens is 2. The van der Waals surface area contributed by atoms with Crippen LogP contribution in [0, 0.1) is 13.8 Å². The van der Waals surface area contributed by atoms with Crippen molar-refractivity contribution in [1.29, 1.82) is 0 Å². The van der Waals surface area contributed by atoms with Gasteiger partial charge in [-0.15, -0.1) is 0 Å². The van der Waals surface area contributed by atoms with E-state index in [2.05, 4.69) is 31.3 Å². The second-order valence-electron chi connectivity index (χ2n) is 8.28. The van der Waals surface area contributed by atoms with E-state index < -0.39 is 0 Å². The Kier molecular flexibility index (Phi) is 6.39. The molecule has 0 saturated carbocycles. The summed E-state index contributed by atoms with van der Waals surface area (Å²) in [6.45, 7) is 10.4. The van der Waals surface area contributed by atoms with Crippen LogP contribution in [0.5, 0.6) is 0 Å². The first-order valence-electron chi connectivity index (χ1n) is 9.66. The zero-order chi connectivity index (χ0) is 22.1. The Hall–Kier alpha value is -2.56. The number of hydrazone groups is 1. The summed E-state index contributed by atoms with van der Waals surface area (Å²) in [7, 11) is 0. The molecule has 30 heavy (non-hydrogen) atoms. The van der Waals surface area contributed by atoms with Crippen LogP contribution in [0.3, 0.4) is 0 Å². The Morgan fingerprint density at radius 2 is 1.70 bits per heavy atom. The highest BCUT2D eigenvalue weighted by Gasteiger charge is 2.15. The summed E-state index contributed by atoms with van der Waals surface area (Å²) in [4.78, 5) is 12.4. The maximum atomic E-state index is 12.4. The van der Waals surface area contributed by atoms with Gasteiger partial charge in [-0.2, -0.15) is 5.10 Å². The third-order valence-corrected chi connectivity index (χ3v) is 5.56. The van der Waals surface area contributed by atoms with Crippen LogP contribution >= 0.6 is 23.2 Å². The first-order chi connectivity index (χ1) is 14.1. The van der Waals surface area contributed by atoms with Gasteiger partial charge in [0, 0.05) is 27.5 Å². The van der Waals surface area contributed by atoms with Crippen LogP contribution in [0.1, 0.15) is 53.6 Å². The van der Waals surface area contributed by atoms with Crippen molar-refractivity contribution < 1.29 is 4.79 Å². The minimum absolute atomic E-state index is 0.0432. The van der Waals surface area contributed by atoms with Crippen molar-refractivity contribution in [2.45, 2.75) is 40.0 Å². The molecule has 0 unspecified atom stereocenters. The maximum absolute atomic E-state index is 12.4. The fourth-order valence-electron chi connectivity index (χ4n) is 3.29. The molecule has 0 atom stereocenters. The Balaban J connectivity index is 1.77. The van der Waals surface area contributed by atoms with E-state index in [1.807, 2.05) is 54.8 Å². The van der Waals surface area contributed by atoms with Crippen LogP contribution in [-0.4, -0.2) is 16.7 Å². The topological polar surface area (TPSA) is 46.4 Å². The van der Waals surface area contributed by atoms with E-state index in [-0.39, 0.29) is 11.3 Å². The number of aromatic nitrogens is 1. The van der Waals surface area contributed by atoms with Gasteiger partial charge in [-0.3, -0.25) is 4.79 Å². The number of nitrogens with zero attached hydrogens (tertiary/aromatic N) is 2. The Bertz CT molecular complexity index is 1110. The molecule has 0 spiro atoms. The van der Waals surface area contributed by atoms with Gasteiger partial charge in [0.2, 0.25) is 0 Å². The van der Waals surface area contributed by atoms with E-state index in [0.29, 0.717) is 15.6 Å². The van der Waals surface area contributed by atoms with Gasteiger partial charge in [-0.25, -0.2) is 5.43 Å². The van der Waals surface area contributed by atoms with Crippen molar-refractivity contribution in [3.8, 4) is 5.69 Å². The van der Waals surface area contributed by atoms with Gasteiger partial charge in [-0.1, -0.05) is 56.1 Å². The van der Waals surface area contributed by atoms with Gasteiger partial charge >= 0.3 is 0 Å². The SMILES string of the molecule is Cc1cc(/C=N\NC(=O)c2ccc(C(C)(C)C)cc2)c(C)n1-c1cc(Cl)ccc1Cl. The average Bonchev–Trinajstić information content (AvgIpc) is 2.96. The molecular formula is C24H25Cl2N3O. The summed E-state index contributed by atoms with van der Waals surface area (Å²) >= 11 is 12.5. The van der Waals surface area contributed by atoms with Crippen molar-refractivity contribution in [3.05, 3.63) is 86.7 Å². The Morgan fingerprint density at radius 3 is 2.33 bits per heavy atom. The van der Waals surface area contributed by atoms with Crippen molar-refractivity contribution in [2.75, 3.05) is 0 Å². The second-order valence-corrected chi connectivity index (χ2v) is 9.13. The highest BCUT2D eigenvalue weighted by Crippen LogP contribution is 2.28. The predicted octanol–water partition coefficient (Wildman–Crippen LogP) is 6.46. The molecule has 3 rings (SSSR count). The van der Waals surface area contributed by atoms with E-state index in [4.69, 9.17) is 23.2 Å². The van der Waals surface area contributed by atoms with E-state index in [1.54, 1.807) is 18.3 Å². The molecule has 0 bridgehead atoms. The van der Waals surface area contributed by atoms with E-state index in [0.717, 1.165) is 22.6 Å². The fraction of sp³-hybridized carbons (Fsp3) is 0.250. The number of rotatable bonds is 4. The smallest absolute Gasteiger partial charge is 0.271 e. The molecule has 0 fully saturated rings. The monoisotopic (exact) mass is 441 g/mol. The molecule has 2 aromatic carbocycles. The van der Waals surface area contributed by atoms with Crippen LogP contribution in [0.2, 0.25) is 10.0 Å². The van der Waals surface area contributed by atoms with Gasteiger partial charge in [0.1, 0.15) is 0 Å². The molecule has 0 radical (unpaired) electrons. The number of hydrogen-bond donors (Lipinski definition) is 1. The highest BCUT2D eigenvalue weighted by molar-refractivity contribution is 6.34. The summed E-state index contributed by atoms with van der Waals surface area (Å²) in [6, 6.07) is 14.9. The average molecular weight is 442 g/mol. The largest absolute Gasteiger partial charge is 0.316 e. The van der Waals surface area contributed by atoms with Crippen molar-refractivity contribution >= 4 is 35.3 Å². The minimum atomic E-state index is -0.251. The molecule has 6 heteroatoms. The number of nitrogens with one attached hydrogen (secondary N) is 1. The Morgan fingerprint density at radius 1 is 1.03 bits per heavy atom. The van der Waals surface area contributed by atoms with Crippen molar-refractivity contribution in [1.82, 2.24) is 9.99 Å². The van der Waals surface area contributed by atoms with Crippen LogP contribution in [0.25, 0.3) is 5.69 Å². The van der Waals surface area contributed by atoms with Crippen LogP contribution < -0.4 is 5.43 Å². The van der Waals surface area contributed by atoms with Crippen LogP contribution in [0.4, 0.5) is 0 Å². The highest BCUT2D eigenvalue weighted by atomic mass is 35.5. The molecule has 0 saturated heterocycles. The quantitative estimate of drug-likeness (QED) is 0.366. The third kappa shape index (κ3) is 4.77. The van der Waals surface area contributed by atoms with Gasteiger partial charge in [0.05, 0.1) is 16.9 Å². The van der Waals surface area contributed by atoms with Crippen LogP contribution in [0.15, 0.2) is 53.6 Å². The molecule has 1 aromatic heterocycles. The number of amides is 1. The molecule has 3 aromatic rings. The number of carbonyl (C=O) groups excluding carboxylic acids is 1. The number of carbonyl (C=O) groups is 1.